The summed E-state index contributed by atoms with van der Waals surface area (Å²) in [5.41, 5.74) is 4.20. The van der Waals surface area contributed by atoms with Gasteiger partial charge in [-0.3, -0.25) is 14.4 Å². The lowest BCUT2D eigenvalue weighted by Gasteiger charge is -2.28. The van der Waals surface area contributed by atoms with Crippen LogP contribution in [0.15, 0.2) is 24.3 Å². The number of anilines is 1. The number of carbonyl (C=O) groups excluding carboxylic acids is 1. The van der Waals surface area contributed by atoms with Gasteiger partial charge in [0.15, 0.2) is 5.69 Å². The van der Waals surface area contributed by atoms with Gasteiger partial charge in [-0.2, -0.15) is 18.3 Å². The zero-order chi connectivity index (χ0) is 22.9. The summed E-state index contributed by atoms with van der Waals surface area (Å²) in [5, 5.41) is 4.31. The largest absolute Gasteiger partial charge is 0.390 e. The molecule has 0 radical (unpaired) electrons. The smallest absolute Gasteiger partial charge is 0.372 e. The molecule has 0 spiro atoms. The van der Waals surface area contributed by atoms with Crippen molar-refractivity contribution in [3.05, 3.63) is 46.8 Å². The van der Waals surface area contributed by atoms with Crippen molar-refractivity contribution in [3.63, 3.8) is 0 Å². The number of aromatic nitrogens is 2. The number of benzene rings is 1. The van der Waals surface area contributed by atoms with Crippen LogP contribution in [-0.4, -0.2) is 65.4 Å². The Morgan fingerprint density at radius 2 is 1.78 bits per heavy atom. The SMILES string of the molecule is CN(C)C(=O)c1nn(CCC(F)(F)F)c2c1CN(Cc1ccc(N3CCCC3)cc1)CC2. The minimum absolute atomic E-state index is 0.259. The van der Waals surface area contributed by atoms with E-state index < -0.39 is 12.6 Å². The van der Waals surface area contributed by atoms with Gasteiger partial charge in [-0.05, 0) is 30.5 Å². The highest BCUT2D eigenvalue weighted by molar-refractivity contribution is 5.93. The van der Waals surface area contributed by atoms with Crippen molar-refractivity contribution < 1.29 is 18.0 Å². The first-order chi connectivity index (χ1) is 15.2. The number of halogens is 3. The quantitative estimate of drug-likeness (QED) is 0.675. The maximum Gasteiger partial charge on any atom is 0.390 e. The van der Waals surface area contributed by atoms with Crippen LogP contribution in [0.4, 0.5) is 18.9 Å². The maximum atomic E-state index is 12.8. The fraction of sp³-hybridized carbons (Fsp3) is 0.565. The Bertz CT molecular complexity index is 946. The second-order valence-corrected chi connectivity index (χ2v) is 8.88. The van der Waals surface area contributed by atoms with Gasteiger partial charge in [0.2, 0.25) is 0 Å². The summed E-state index contributed by atoms with van der Waals surface area (Å²) in [5.74, 6) is -0.274. The lowest BCUT2D eigenvalue weighted by Crippen LogP contribution is -2.32. The normalized spacial score (nSPS) is 17.0. The third kappa shape index (κ3) is 5.09. The van der Waals surface area contributed by atoms with Crippen molar-refractivity contribution in [2.75, 3.05) is 38.6 Å². The molecule has 3 heterocycles. The molecule has 0 saturated carbocycles. The molecule has 1 aromatic heterocycles. The van der Waals surface area contributed by atoms with Crippen molar-refractivity contribution in [2.24, 2.45) is 0 Å². The minimum atomic E-state index is -4.26. The number of nitrogens with zero attached hydrogens (tertiary/aromatic N) is 5. The van der Waals surface area contributed by atoms with Gasteiger partial charge in [-0.25, -0.2) is 0 Å². The van der Waals surface area contributed by atoms with E-state index in [4.69, 9.17) is 0 Å². The number of amides is 1. The molecule has 0 N–H and O–H groups in total. The molecule has 9 heteroatoms. The molecular weight excluding hydrogens is 419 g/mol. The zero-order valence-corrected chi connectivity index (χ0v) is 18.7. The highest BCUT2D eigenvalue weighted by Gasteiger charge is 2.32. The molecule has 0 bridgehead atoms. The summed E-state index contributed by atoms with van der Waals surface area (Å²) in [7, 11) is 3.26. The van der Waals surface area contributed by atoms with Gasteiger partial charge in [0, 0.05) is 76.7 Å². The lowest BCUT2D eigenvalue weighted by atomic mass is 10.0. The molecule has 2 aliphatic heterocycles. The average molecular weight is 450 g/mol. The lowest BCUT2D eigenvalue weighted by molar-refractivity contribution is -0.137. The Morgan fingerprint density at radius 3 is 2.41 bits per heavy atom. The Morgan fingerprint density at radius 1 is 1.09 bits per heavy atom. The molecule has 2 aromatic rings. The number of carbonyl (C=O) groups is 1. The fourth-order valence-electron chi connectivity index (χ4n) is 4.53. The van der Waals surface area contributed by atoms with E-state index in [0.717, 1.165) is 30.9 Å². The van der Waals surface area contributed by atoms with Gasteiger partial charge >= 0.3 is 6.18 Å². The summed E-state index contributed by atoms with van der Waals surface area (Å²) < 4.78 is 39.7. The van der Waals surface area contributed by atoms with E-state index in [1.807, 2.05) is 0 Å². The second-order valence-electron chi connectivity index (χ2n) is 8.88. The number of fused-ring (bicyclic) bond motifs is 1. The van der Waals surface area contributed by atoms with Gasteiger partial charge < -0.3 is 9.80 Å². The Balaban J connectivity index is 1.50. The van der Waals surface area contributed by atoms with E-state index in [9.17, 15) is 18.0 Å². The molecule has 1 saturated heterocycles. The monoisotopic (exact) mass is 449 g/mol. The van der Waals surface area contributed by atoms with E-state index in [1.54, 1.807) is 14.1 Å². The van der Waals surface area contributed by atoms with Crippen LogP contribution in [0.2, 0.25) is 0 Å². The van der Waals surface area contributed by atoms with Crippen LogP contribution >= 0.6 is 0 Å². The van der Waals surface area contributed by atoms with E-state index in [-0.39, 0.29) is 18.1 Å². The Hall–Kier alpha value is -2.55. The number of hydrogen-bond donors (Lipinski definition) is 0. The molecule has 6 nitrogen and oxygen atoms in total. The van der Waals surface area contributed by atoms with Crippen molar-refractivity contribution in [1.82, 2.24) is 19.6 Å². The molecule has 32 heavy (non-hydrogen) atoms. The van der Waals surface area contributed by atoms with Gasteiger partial charge in [-0.15, -0.1) is 0 Å². The van der Waals surface area contributed by atoms with Gasteiger partial charge in [0.1, 0.15) is 0 Å². The van der Waals surface area contributed by atoms with E-state index in [1.165, 1.54) is 33.7 Å². The average Bonchev–Trinajstić information content (AvgIpc) is 3.40. The first-order valence-electron chi connectivity index (χ1n) is 11.1. The maximum absolute atomic E-state index is 12.8. The molecular formula is C23H30F3N5O. The van der Waals surface area contributed by atoms with Crippen LogP contribution in [0.25, 0.3) is 0 Å². The zero-order valence-electron chi connectivity index (χ0n) is 18.7. The fourth-order valence-corrected chi connectivity index (χ4v) is 4.53. The highest BCUT2D eigenvalue weighted by Crippen LogP contribution is 2.28. The predicted molar refractivity (Wildman–Crippen MR) is 117 cm³/mol. The van der Waals surface area contributed by atoms with Gasteiger partial charge in [0.05, 0.1) is 6.42 Å². The summed E-state index contributed by atoms with van der Waals surface area (Å²) in [6.07, 6.45) is -2.16. The number of rotatable bonds is 6. The molecule has 174 valence electrons. The van der Waals surface area contributed by atoms with Crippen molar-refractivity contribution in [1.29, 1.82) is 0 Å². The molecule has 0 atom stereocenters. The molecule has 1 fully saturated rings. The van der Waals surface area contributed by atoms with Crippen LogP contribution in [0.1, 0.15) is 46.6 Å². The number of aryl methyl sites for hydroxylation is 1. The second kappa shape index (κ2) is 9.13. The molecule has 0 aliphatic carbocycles. The predicted octanol–water partition coefficient (Wildman–Crippen LogP) is 3.70. The van der Waals surface area contributed by atoms with Crippen LogP contribution in [0, 0.1) is 0 Å². The number of hydrogen-bond acceptors (Lipinski definition) is 4. The summed E-state index contributed by atoms with van der Waals surface area (Å²) in [6.45, 7) is 3.90. The molecule has 2 aliphatic rings. The first-order valence-corrected chi connectivity index (χ1v) is 11.1. The molecule has 0 unspecified atom stereocenters. The summed E-state index contributed by atoms with van der Waals surface area (Å²) in [6, 6.07) is 8.60. The van der Waals surface area contributed by atoms with Crippen LogP contribution in [-0.2, 0) is 26.1 Å². The topological polar surface area (TPSA) is 44.6 Å². The van der Waals surface area contributed by atoms with E-state index in [0.29, 0.717) is 19.5 Å². The van der Waals surface area contributed by atoms with Crippen molar-refractivity contribution in [3.8, 4) is 0 Å². The third-order valence-corrected chi connectivity index (χ3v) is 6.24. The van der Waals surface area contributed by atoms with Crippen LogP contribution < -0.4 is 4.90 Å². The van der Waals surface area contributed by atoms with Crippen LogP contribution in [0.3, 0.4) is 0 Å². The third-order valence-electron chi connectivity index (χ3n) is 6.24. The number of alkyl halides is 3. The van der Waals surface area contributed by atoms with Crippen molar-refractivity contribution >= 4 is 11.6 Å². The Labute approximate surface area is 186 Å². The van der Waals surface area contributed by atoms with Crippen molar-refractivity contribution in [2.45, 2.75) is 51.5 Å². The van der Waals surface area contributed by atoms with E-state index in [2.05, 4.69) is 39.2 Å². The highest BCUT2D eigenvalue weighted by atomic mass is 19.4. The minimum Gasteiger partial charge on any atom is -0.372 e. The standard InChI is InChI=1S/C23H30F3N5O/c1-28(2)22(32)21-19-16-29(13-9-20(19)31(27-21)14-10-23(24,25)26)15-17-5-7-18(8-6-17)30-11-3-4-12-30/h5-8H,3-4,9-16H2,1-2H3. The molecule has 1 amide bonds. The van der Waals surface area contributed by atoms with Gasteiger partial charge in [-0.1, -0.05) is 12.1 Å². The first kappa shape index (κ1) is 22.6. The van der Waals surface area contributed by atoms with Gasteiger partial charge in [0.25, 0.3) is 5.91 Å². The Kier molecular flexibility index (Phi) is 6.46. The summed E-state index contributed by atoms with van der Waals surface area (Å²) in [4.78, 5) is 18.7. The summed E-state index contributed by atoms with van der Waals surface area (Å²) >= 11 is 0. The van der Waals surface area contributed by atoms with Crippen LogP contribution in [0.5, 0.6) is 0 Å². The van der Waals surface area contributed by atoms with E-state index >= 15 is 0 Å². The molecule has 4 rings (SSSR count). The molecule has 1 aromatic carbocycles.